The van der Waals surface area contributed by atoms with Crippen LogP contribution in [0.15, 0.2) is 18.2 Å². The molecule has 1 atom stereocenters. The third kappa shape index (κ3) is 3.52. The number of piperidine rings is 1. The summed E-state index contributed by atoms with van der Waals surface area (Å²) in [5.74, 6) is 0.632. The zero-order chi connectivity index (χ0) is 12.3. The van der Waals surface area contributed by atoms with E-state index in [0.29, 0.717) is 0 Å². The van der Waals surface area contributed by atoms with Crippen molar-refractivity contribution in [1.29, 1.82) is 0 Å². The number of likely N-dealkylation sites (tertiary alicyclic amines) is 1. The van der Waals surface area contributed by atoms with Gasteiger partial charge in [0, 0.05) is 18.4 Å². The van der Waals surface area contributed by atoms with Crippen LogP contribution in [0.4, 0.5) is 4.39 Å². The van der Waals surface area contributed by atoms with Gasteiger partial charge in [-0.3, -0.25) is 4.90 Å². The number of hydrogen-bond donors (Lipinski definition) is 0. The number of nitrogens with zero attached hydrogens (tertiary/aromatic N) is 1. The Labute approximate surface area is 111 Å². The summed E-state index contributed by atoms with van der Waals surface area (Å²) in [5, 5.41) is 1.09. The van der Waals surface area contributed by atoms with Gasteiger partial charge >= 0.3 is 0 Å². The minimum atomic E-state index is -0.136. The molecule has 1 aliphatic rings. The molecule has 1 heterocycles. The summed E-state index contributed by atoms with van der Waals surface area (Å²) in [5.41, 5.74) is 2.31. The molecule has 94 valence electrons. The highest BCUT2D eigenvalue weighted by Gasteiger charge is 2.19. The van der Waals surface area contributed by atoms with Crippen LogP contribution in [-0.2, 0) is 6.54 Å². The second-order valence-corrected chi connectivity index (χ2v) is 5.62. The number of alkyl halides is 1. The fraction of sp³-hybridized carbons (Fsp3) is 0.571. The van der Waals surface area contributed by atoms with E-state index in [1.165, 1.54) is 24.9 Å². The van der Waals surface area contributed by atoms with Gasteiger partial charge in [0.25, 0.3) is 0 Å². The van der Waals surface area contributed by atoms with Crippen LogP contribution in [0.3, 0.4) is 0 Å². The molecule has 3 heteroatoms. The summed E-state index contributed by atoms with van der Waals surface area (Å²) in [6.07, 6.45) is 2.60. The van der Waals surface area contributed by atoms with Crippen molar-refractivity contribution < 1.29 is 4.39 Å². The maximum atomic E-state index is 13.0. The van der Waals surface area contributed by atoms with Crippen LogP contribution in [0.1, 0.15) is 24.0 Å². The monoisotopic (exact) mass is 299 g/mol. The number of aryl methyl sites for hydroxylation is 1. The predicted molar refractivity (Wildman–Crippen MR) is 72.9 cm³/mol. The van der Waals surface area contributed by atoms with Gasteiger partial charge in [-0.25, -0.2) is 4.39 Å². The Morgan fingerprint density at radius 1 is 1.47 bits per heavy atom. The summed E-state index contributed by atoms with van der Waals surface area (Å²) in [7, 11) is 0. The second kappa shape index (κ2) is 5.96. The standard InChI is InChI=1S/C14H19BrFN/c1-11-7-14(16)5-4-13(11)10-17-6-2-3-12(8-15)9-17/h4-5,7,12H,2-3,6,8-10H2,1H3. The van der Waals surface area contributed by atoms with E-state index in [4.69, 9.17) is 0 Å². The normalized spacial score (nSPS) is 21.7. The van der Waals surface area contributed by atoms with E-state index in [0.717, 1.165) is 29.9 Å². The van der Waals surface area contributed by atoms with Gasteiger partial charge in [-0.15, -0.1) is 0 Å². The molecule has 0 radical (unpaired) electrons. The van der Waals surface area contributed by atoms with E-state index < -0.39 is 0 Å². The van der Waals surface area contributed by atoms with Crippen molar-refractivity contribution in [1.82, 2.24) is 4.90 Å². The fourth-order valence-electron chi connectivity index (χ4n) is 2.50. The van der Waals surface area contributed by atoms with Crippen LogP contribution < -0.4 is 0 Å². The van der Waals surface area contributed by atoms with Gasteiger partial charge in [0.05, 0.1) is 0 Å². The minimum Gasteiger partial charge on any atom is -0.299 e. The molecule has 0 amide bonds. The van der Waals surface area contributed by atoms with Crippen molar-refractivity contribution >= 4 is 15.9 Å². The molecule has 0 aromatic heterocycles. The van der Waals surface area contributed by atoms with E-state index >= 15 is 0 Å². The van der Waals surface area contributed by atoms with Crippen LogP contribution in [0, 0.1) is 18.7 Å². The largest absolute Gasteiger partial charge is 0.299 e. The lowest BCUT2D eigenvalue weighted by Crippen LogP contribution is -2.35. The third-order valence-electron chi connectivity index (χ3n) is 3.52. The van der Waals surface area contributed by atoms with E-state index in [9.17, 15) is 4.39 Å². The van der Waals surface area contributed by atoms with Gasteiger partial charge in [0.15, 0.2) is 0 Å². The first-order valence-electron chi connectivity index (χ1n) is 6.22. The number of rotatable bonds is 3. The van der Waals surface area contributed by atoms with E-state index in [1.807, 2.05) is 13.0 Å². The van der Waals surface area contributed by atoms with Crippen LogP contribution in [0.2, 0.25) is 0 Å². The van der Waals surface area contributed by atoms with Crippen molar-refractivity contribution in [3.63, 3.8) is 0 Å². The lowest BCUT2D eigenvalue weighted by molar-refractivity contribution is 0.179. The lowest BCUT2D eigenvalue weighted by Gasteiger charge is -2.32. The Kier molecular flexibility index (Phi) is 4.57. The topological polar surface area (TPSA) is 3.24 Å². The quantitative estimate of drug-likeness (QED) is 0.769. The fourth-order valence-corrected chi connectivity index (χ4v) is 3.03. The Morgan fingerprint density at radius 2 is 2.29 bits per heavy atom. The van der Waals surface area contributed by atoms with Crippen molar-refractivity contribution in [3.05, 3.63) is 35.1 Å². The molecule has 0 bridgehead atoms. The maximum Gasteiger partial charge on any atom is 0.123 e. The maximum absolute atomic E-state index is 13.0. The molecule has 1 saturated heterocycles. The van der Waals surface area contributed by atoms with Crippen molar-refractivity contribution in [2.45, 2.75) is 26.3 Å². The van der Waals surface area contributed by atoms with Gasteiger partial charge < -0.3 is 0 Å². The molecule has 1 unspecified atom stereocenters. The molecule has 1 aromatic rings. The van der Waals surface area contributed by atoms with E-state index in [2.05, 4.69) is 20.8 Å². The van der Waals surface area contributed by atoms with Gasteiger partial charge in [0.1, 0.15) is 5.82 Å². The summed E-state index contributed by atoms with van der Waals surface area (Å²) >= 11 is 3.57. The first-order valence-corrected chi connectivity index (χ1v) is 7.34. The van der Waals surface area contributed by atoms with E-state index in [1.54, 1.807) is 12.1 Å². The van der Waals surface area contributed by atoms with Gasteiger partial charge in [0.2, 0.25) is 0 Å². The molecular weight excluding hydrogens is 281 g/mol. The number of hydrogen-bond acceptors (Lipinski definition) is 1. The SMILES string of the molecule is Cc1cc(F)ccc1CN1CCCC(CBr)C1. The highest BCUT2D eigenvalue weighted by molar-refractivity contribution is 9.09. The predicted octanol–water partition coefficient (Wildman–Crippen LogP) is 3.74. The summed E-state index contributed by atoms with van der Waals surface area (Å²) in [6, 6.07) is 5.11. The Hall–Kier alpha value is -0.410. The van der Waals surface area contributed by atoms with Crippen molar-refractivity contribution in [2.75, 3.05) is 18.4 Å². The summed E-state index contributed by atoms with van der Waals surface area (Å²) < 4.78 is 13.0. The number of benzene rings is 1. The zero-order valence-electron chi connectivity index (χ0n) is 10.3. The molecule has 0 aliphatic carbocycles. The van der Waals surface area contributed by atoms with Crippen LogP contribution in [0.5, 0.6) is 0 Å². The zero-order valence-corrected chi connectivity index (χ0v) is 11.8. The average Bonchev–Trinajstić information content (AvgIpc) is 2.33. The van der Waals surface area contributed by atoms with Gasteiger partial charge in [-0.05, 0) is 55.5 Å². The highest BCUT2D eigenvalue weighted by atomic mass is 79.9. The van der Waals surface area contributed by atoms with Crippen molar-refractivity contribution in [3.8, 4) is 0 Å². The Balaban J connectivity index is 2.00. The minimum absolute atomic E-state index is 0.136. The molecule has 0 N–H and O–H groups in total. The molecule has 0 spiro atoms. The first-order chi connectivity index (χ1) is 8.19. The molecule has 1 aromatic carbocycles. The Bertz CT molecular complexity index is 380. The second-order valence-electron chi connectivity index (χ2n) is 4.97. The molecule has 1 nitrogen and oxygen atoms in total. The molecule has 1 fully saturated rings. The highest BCUT2D eigenvalue weighted by Crippen LogP contribution is 2.21. The van der Waals surface area contributed by atoms with E-state index in [-0.39, 0.29) is 5.82 Å². The van der Waals surface area contributed by atoms with Gasteiger partial charge in [-0.2, -0.15) is 0 Å². The van der Waals surface area contributed by atoms with Crippen LogP contribution in [0.25, 0.3) is 0 Å². The van der Waals surface area contributed by atoms with Crippen LogP contribution in [-0.4, -0.2) is 23.3 Å². The summed E-state index contributed by atoms with van der Waals surface area (Å²) in [6.45, 7) is 5.27. The third-order valence-corrected chi connectivity index (χ3v) is 4.44. The van der Waals surface area contributed by atoms with Crippen LogP contribution >= 0.6 is 15.9 Å². The molecule has 0 saturated carbocycles. The number of halogens is 2. The lowest BCUT2D eigenvalue weighted by atomic mass is 9.99. The van der Waals surface area contributed by atoms with Crippen molar-refractivity contribution in [2.24, 2.45) is 5.92 Å². The van der Waals surface area contributed by atoms with Gasteiger partial charge in [-0.1, -0.05) is 22.0 Å². The summed E-state index contributed by atoms with van der Waals surface area (Å²) in [4.78, 5) is 2.48. The molecule has 2 rings (SSSR count). The molecular formula is C14H19BrFN. The first kappa shape index (κ1) is 13.0. The smallest absolute Gasteiger partial charge is 0.123 e. The Morgan fingerprint density at radius 3 is 3.00 bits per heavy atom. The average molecular weight is 300 g/mol. The molecule has 1 aliphatic heterocycles. The molecule has 17 heavy (non-hydrogen) atoms.